The lowest BCUT2D eigenvalue weighted by Crippen LogP contribution is -2.31. The van der Waals surface area contributed by atoms with Crippen LogP contribution in [0.5, 0.6) is 0 Å². The van der Waals surface area contributed by atoms with Crippen molar-refractivity contribution in [2.24, 2.45) is 0 Å². The minimum atomic E-state index is -0.645. The van der Waals surface area contributed by atoms with Crippen molar-refractivity contribution < 1.29 is 13.9 Å². The second kappa shape index (κ2) is 8.06. The summed E-state index contributed by atoms with van der Waals surface area (Å²) in [6.45, 7) is 2.37. The normalized spacial score (nSPS) is 11.6. The van der Waals surface area contributed by atoms with Gasteiger partial charge in [0.15, 0.2) is 11.6 Å². The van der Waals surface area contributed by atoms with E-state index < -0.39 is 11.7 Å². The molecule has 1 aromatic heterocycles. The summed E-state index contributed by atoms with van der Waals surface area (Å²) in [6.07, 6.45) is 1.29. The Bertz CT molecular complexity index is 712. The van der Waals surface area contributed by atoms with E-state index in [1.807, 2.05) is 6.92 Å². The SMILES string of the molecule is COCC(C)Nc1ncnc(NNC(=O)c2ccccc2F)c1N. The van der Waals surface area contributed by atoms with Crippen LogP contribution in [-0.4, -0.2) is 35.6 Å². The third-order valence-corrected chi connectivity index (χ3v) is 3.10. The highest BCUT2D eigenvalue weighted by molar-refractivity contribution is 5.95. The summed E-state index contributed by atoms with van der Waals surface area (Å²) in [4.78, 5) is 20.0. The van der Waals surface area contributed by atoms with Crippen LogP contribution in [-0.2, 0) is 4.74 Å². The number of ether oxygens (including phenoxy) is 1. The Hall–Kier alpha value is -2.94. The van der Waals surface area contributed by atoms with Gasteiger partial charge >= 0.3 is 0 Å². The number of hydrogen-bond acceptors (Lipinski definition) is 7. The molecule has 0 radical (unpaired) electrons. The van der Waals surface area contributed by atoms with Gasteiger partial charge in [0.1, 0.15) is 17.8 Å². The van der Waals surface area contributed by atoms with Gasteiger partial charge in [-0.1, -0.05) is 12.1 Å². The van der Waals surface area contributed by atoms with Gasteiger partial charge in [-0.25, -0.2) is 14.4 Å². The van der Waals surface area contributed by atoms with Gasteiger partial charge in [0.05, 0.1) is 12.2 Å². The van der Waals surface area contributed by atoms with E-state index >= 15 is 0 Å². The average molecular weight is 334 g/mol. The number of nitrogens with two attached hydrogens (primary N) is 1. The van der Waals surface area contributed by atoms with Crippen molar-refractivity contribution in [1.82, 2.24) is 15.4 Å². The van der Waals surface area contributed by atoms with E-state index in [1.165, 1.54) is 24.5 Å². The first-order valence-electron chi connectivity index (χ1n) is 7.19. The van der Waals surface area contributed by atoms with Gasteiger partial charge < -0.3 is 15.8 Å². The number of methoxy groups -OCH3 is 1. The van der Waals surface area contributed by atoms with Crippen LogP contribution in [0, 0.1) is 5.82 Å². The predicted octanol–water partition coefficient (Wildman–Crippen LogP) is 1.40. The Morgan fingerprint density at radius 1 is 1.33 bits per heavy atom. The fourth-order valence-electron chi connectivity index (χ4n) is 1.96. The highest BCUT2D eigenvalue weighted by Crippen LogP contribution is 2.22. The minimum Gasteiger partial charge on any atom is -0.393 e. The summed E-state index contributed by atoms with van der Waals surface area (Å²) in [5.74, 6) is -0.671. The topological polar surface area (TPSA) is 114 Å². The van der Waals surface area contributed by atoms with Crippen molar-refractivity contribution in [3.8, 4) is 0 Å². The van der Waals surface area contributed by atoms with Crippen LogP contribution in [0.1, 0.15) is 17.3 Å². The molecule has 0 saturated carbocycles. The Morgan fingerprint density at radius 2 is 2.04 bits per heavy atom. The van der Waals surface area contributed by atoms with Crippen molar-refractivity contribution >= 4 is 23.2 Å². The maximum Gasteiger partial charge on any atom is 0.272 e. The summed E-state index contributed by atoms with van der Waals surface area (Å²) in [6, 6.07) is 5.62. The fourth-order valence-corrected chi connectivity index (χ4v) is 1.96. The van der Waals surface area contributed by atoms with Gasteiger partial charge in [-0.15, -0.1) is 0 Å². The van der Waals surface area contributed by atoms with E-state index in [0.717, 1.165) is 0 Å². The third kappa shape index (κ3) is 4.29. The summed E-state index contributed by atoms with van der Waals surface area (Å²) >= 11 is 0. The minimum absolute atomic E-state index is 0.0203. The highest BCUT2D eigenvalue weighted by atomic mass is 19.1. The molecule has 0 bridgehead atoms. The number of benzene rings is 1. The molecule has 1 aromatic carbocycles. The van der Waals surface area contributed by atoms with Gasteiger partial charge in [0.25, 0.3) is 5.91 Å². The van der Waals surface area contributed by atoms with E-state index in [9.17, 15) is 9.18 Å². The van der Waals surface area contributed by atoms with Gasteiger partial charge in [0, 0.05) is 13.2 Å². The molecule has 8 nitrogen and oxygen atoms in total. The molecular weight excluding hydrogens is 315 g/mol. The molecule has 1 atom stereocenters. The molecule has 2 aromatic rings. The van der Waals surface area contributed by atoms with Crippen LogP contribution in [0.25, 0.3) is 0 Å². The molecule has 0 fully saturated rings. The molecule has 5 N–H and O–H groups in total. The number of amides is 1. The number of halogens is 1. The second-order valence-corrected chi connectivity index (χ2v) is 5.04. The van der Waals surface area contributed by atoms with Gasteiger partial charge in [-0.3, -0.25) is 15.6 Å². The number of nitrogens with zero attached hydrogens (tertiary/aromatic N) is 2. The summed E-state index contributed by atoms with van der Waals surface area (Å²) in [5.41, 5.74) is 11.0. The first-order valence-corrected chi connectivity index (χ1v) is 7.19. The van der Waals surface area contributed by atoms with E-state index in [1.54, 1.807) is 13.2 Å². The zero-order valence-electron chi connectivity index (χ0n) is 13.3. The maximum atomic E-state index is 13.6. The van der Waals surface area contributed by atoms with E-state index in [0.29, 0.717) is 12.4 Å². The van der Waals surface area contributed by atoms with Crippen LogP contribution >= 0.6 is 0 Å². The number of rotatable bonds is 7. The van der Waals surface area contributed by atoms with Gasteiger partial charge in [0.2, 0.25) is 0 Å². The van der Waals surface area contributed by atoms with Crippen molar-refractivity contribution in [2.45, 2.75) is 13.0 Å². The summed E-state index contributed by atoms with van der Waals surface area (Å²) in [5, 5.41) is 3.07. The number of hydrazine groups is 1. The van der Waals surface area contributed by atoms with E-state index in [4.69, 9.17) is 10.5 Å². The molecule has 0 aliphatic rings. The van der Waals surface area contributed by atoms with Crippen LogP contribution in [0.2, 0.25) is 0 Å². The molecular formula is C15H19FN6O2. The fraction of sp³-hybridized carbons (Fsp3) is 0.267. The number of carbonyl (C=O) groups excluding carboxylic acids is 1. The Balaban J connectivity index is 2.05. The molecule has 0 spiro atoms. The molecule has 1 heterocycles. The molecule has 0 aliphatic heterocycles. The monoisotopic (exact) mass is 334 g/mol. The van der Waals surface area contributed by atoms with Crippen molar-refractivity contribution in [2.75, 3.05) is 30.2 Å². The quantitative estimate of drug-likeness (QED) is 0.566. The number of aromatic nitrogens is 2. The Labute approximate surface area is 138 Å². The largest absolute Gasteiger partial charge is 0.393 e. The summed E-state index contributed by atoms with van der Waals surface area (Å²) < 4.78 is 18.6. The van der Waals surface area contributed by atoms with Crippen LogP contribution in [0.3, 0.4) is 0 Å². The molecule has 24 heavy (non-hydrogen) atoms. The molecule has 0 aliphatic carbocycles. The van der Waals surface area contributed by atoms with Gasteiger partial charge in [-0.05, 0) is 19.1 Å². The van der Waals surface area contributed by atoms with Crippen molar-refractivity contribution in [3.63, 3.8) is 0 Å². The molecule has 1 amide bonds. The van der Waals surface area contributed by atoms with Crippen LogP contribution in [0.15, 0.2) is 30.6 Å². The zero-order valence-corrected chi connectivity index (χ0v) is 13.3. The number of anilines is 3. The highest BCUT2D eigenvalue weighted by Gasteiger charge is 2.13. The Morgan fingerprint density at radius 3 is 2.75 bits per heavy atom. The van der Waals surface area contributed by atoms with Gasteiger partial charge in [-0.2, -0.15) is 0 Å². The zero-order chi connectivity index (χ0) is 17.5. The first-order chi connectivity index (χ1) is 11.5. The maximum absolute atomic E-state index is 13.6. The lowest BCUT2D eigenvalue weighted by Gasteiger charge is -2.16. The standard InChI is InChI=1S/C15H19FN6O2/c1-9(7-24-2)20-13-12(17)14(19-8-18-13)21-22-15(23)10-5-3-4-6-11(10)16/h3-6,8-9H,7,17H2,1-2H3,(H,22,23)(H2,18,19,20,21). The molecule has 0 saturated heterocycles. The molecule has 1 unspecified atom stereocenters. The number of carbonyl (C=O) groups is 1. The molecule has 9 heteroatoms. The van der Waals surface area contributed by atoms with Crippen molar-refractivity contribution in [1.29, 1.82) is 0 Å². The predicted molar refractivity (Wildman–Crippen MR) is 88.9 cm³/mol. The van der Waals surface area contributed by atoms with E-state index in [-0.39, 0.29) is 23.1 Å². The number of nitrogen functional groups attached to an aromatic ring is 1. The first kappa shape index (κ1) is 17.4. The molecule has 128 valence electrons. The summed E-state index contributed by atoms with van der Waals surface area (Å²) in [7, 11) is 1.59. The lowest BCUT2D eigenvalue weighted by molar-refractivity contribution is 0.0958. The Kier molecular flexibility index (Phi) is 5.85. The number of hydrogen-bond donors (Lipinski definition) is 4. The van der Waals surface area contributed by atoms with Crippen LogP contribution in [0.4, 0.5) is 21.7 Å². The third-order valence-electron chi connectivity index (χ3n) is 3.10. The average Bonchev–Trinajstić information content (AvgIpc) is 2.56. The lowest BCUT2D eigenvalue weighted by atomic mass is 10.2. The van der Waals surface area contributed by atoms with Crippen LogP contribution < -0.4 is 21.9 Å². The second-order valence-electron chi connectivity index (χ2n) is 5.04. The van der Waals surface area contributed by atoms with E-state index in [2.05, 4.69) is 26.1 Å². The van der Waals surface area contributed by atoms with Crippen molar-refractivity contribution in [3.05, 3.63) is 42.0 Å². The molecule has 2 rings (SSSR count). The smallest absolute Gasteiger partial charge is 0.272 e. The number of nitrogens with one attached hydrogen (secondary N) is 3.